The van der Waals surface area contributed by atoms with Gasteiger partial charge in [-0.2, -0.15) is 0 Å². The maximum absolute atomic E-state index is 10.3. The number of rotatable bonds is 4. The average Bonchev–Trinajstić information content (AvgIpc) is 2.21. The van der Waals surface area contributed by atoms with Crippen LogP contribution in [-0.2, 0) is 4.79 Å². The minimum absolute atomic E-state index is 0.0512. The zero-order valence-corrected chi connectivity index (χ0v) is 9.80. The van der Waals surface area contributed by atoms with Crippen LogP contribution in [-0.4, -0.2) is 22.7 Å². The molecule has 0 heterocycles. The number of carbonyl (C=O) groups is 1. The predicted molar refractivity (Wildman–Crippen MR) is 67.7 cm³/mol. The maximum atomic E-state index is 10.3. The molecule has 0 aromatic heterocycles. The molecule has 0 fully saturated rings. The third-order valence-electron chi connectivity index (χ3n) is 2.02. The normalized spacial score (nSPS) is 9.56. The lowest BCUT2D eigenvalue weighted by molar-refractivity contribution is -0.136. The summed E-state index contributed by atoms with van der Waals surface area (Å²) in [6.07, 6.45) is 0.0512. The van der Waals surface area contributed by atoms with E-state index in [4.69, 9.17) is 17.3 Å². The molecule has 0 aliphatic heterocycles. The molecule has 1 aromatic carbocycles. The summed E-state index contributed by atoms with van der Waals surface area (Å²) in [5.74, 6) is -0.841. The van der Waals surface area contributed by atoms with Crippen molar-refractivity contribution in [3.63, 3.8) is 0 Å². The molecule has 86 valence electrons. The highest BCUT2D eigenvalue weighted by molar-refractivity contribution is 7.80. The summed E-state index contributed by atoms with van der Waals surface area (Å²) in [6.45, 7) is 2.30. The summed E-state index contributed by atoms with van der Waals surface area (Å²) in [5.41, 5.74) is 2.01. The van der Waals surface area contributed by atoms with E-state index in [9.17, 15) is 4.79 Å². The molecule has 1 aromatic rings. The smallest absolute Gasteiger partial charge is 0.305 e. The second-order valence-electron chi connectivity index (χ2n) is 3.34. The van der Waals surface area contributed by atoms with Crippen LogP contribution >= 0.6 is 12.2 Å². The number of aliphatic carboxylic acids is 1. The molecule has 5 heteroatoms. The zero-order chi connectivity index (χ0) is 12.0. The SMILES string of the molecule is Cc1ccccc1NC(=S)NCCC(=O)O. The fourth-order valence-corrected chi connectivity index (χ4v) is 1.37. The van der Waals surface area contributed by atoms with E-state index in [-0.39, 0.29) is 6.42 Å². The van der Waals surface area contributed by atoms with E-state index < -0.39 is 5.97 Å². The van der Waals surface area contributed by atoms with Crippen molar-refractivity contribution in [2.75, 3.05) is 11.9 Å². The number of hydrogen-bond acceptors (Lipinski definition) is 2. The Morgan fingerprint density at radius 3 is 2.75 bits per heavy atom. The standard InChI is InChI=1S/C11H14N2O2S/c1-8-4-2-3-5-9(8)13-11(16)12-7-6-10(14)15/h2-5H,6-7H2,1H3,(H,14,15)(H2,12,13,16). The molecule has 0 saturated heterocycles. The van der Waals surface area contributed by atoms with Crippen LogP contribution in [0.15, 0.2) is 24.3 Å². The van der Waals surface area contributed by atoms with E-state index >= 15 is 0 Å². The van der Waals surface area contributed by atoms with Gasteiger partial charge in [0, 0.05) is 12.2 Å². The molecule has 0 unspecified atom stereocenters. The van der Waals surface area contributed by atoms with Gasteiger partial charge in [0.2, 0.25) is 0 Å². The van der Waals surface area contributed by atoms with Crippen molar-refractivity contribution in [3.05, 3.63) is 29.8 Å². The Balaban J connectivity index is 2.40. The third kappa shape index (κ3) is 4.27. The topological polar surface area (TPSA) is 61.4 Å². The Kier molecular flexibility index (Phi) is 4.72. The van der Waals surface area contributed by atoms with Crippen LogP contribution < -0.4 is 10.6 Å². The van der Waals surface area contributed by atoms with Crippen molar-refractivity contribution in [1.29, 1.82) is 0 Å². The van der Waals surface area contributed by atoms with Gasteiger partial charge in [-0.25, -0.2) is 0 Å². The Bertz CT molecular complexity index is 393. The van der Waals surface area contributed by atoms with Crippen LogP contribution in [0.2, 0.25) is 0 Å². The molecular formula is C11H14N2O2S. The van der Waals surface area contributed by atoms with Gasteiger partial charge in [-0.3, -0.25) is 4.79 Å². The van der Waals surface area contributed by atoms with Crippen LogP contribution in [0.1, 0.15) is 12.0 Å². The summed E-state index contributed by atoms with van der Waals surface area (Å²) < 4.78 is 0. The van der Waals surface area contributed by atoms with Crippen LogP contribution in [0.4, 0.5) is 5.69 Å². The fourth-order valence-electron chi connectivity index (χ4n) is 1.16. The Morgan fingerprint density at radius 1 is 1.44 bits per heavy atom. The van der Waals surface area contributed by atoms with Gasteiger partial charge in [0.15, 0.2) is 5.11 Å². The van der Waals surface area contributed by atoms with Gasteiger partial charge in [-0.1, -0.05) is 18.2 Å². The lowest BCUT2D eigenvalue weighted by Crippen LogP contribution is -2.30. The number of benzene rings is 1. The largest absolute Gasteiger partial charge is 0.481 e. The molecule has 16 heavy (non-hydrogen) atoms. The van der Waals surface area contributed by atoms with Gasteiger partial charge in [-0.05, 0) is 30.8 Å². The lowest BCUT2D eigenvalue weighted by atomic mass is 10.2. The molecule has 0 saturated carbocycles. The molecule has 1 rings (SSSR count). The predicted octanol–water partition coefficient (Wildman–Crippen LogP) is 1.76. The van der Waals surface area contributed by atoms with Crippen LogP contribution in [0.25, 0.3) is 0 Å². The second kappa shape index (κ2) is 6.07. The first-order chi connectivity index (χ1) is 7.59. The van der Waals surface area contributed by atoms with E-state index in [1.165, 1.54) is 0 Å². The van der Waals surface area contributed by atoms with Gasteiger partial charge in [0.05, 0.1) is 6.42 Å². The summed E-state index contributed by atoms with van der Waals surface area (Å²) in [6, 6.07) is 7.75. The first kappa shape index (κ1) is 12.4. The minimum atomic E-state index is -0.841. The van der Waals surface area contributed by atoms with E-state index in [0.29, 0.717) is 11.7 Å². The van der Waals surface area contributed by atoms with Crippen LogP contribution in [0.3, 0.4) is 0 Å². The summed E-state index contributed by atoms with van der Waals surface area (Å²) in [4.78, 5) is 10.3. The number of nitrogens with one attached hydrogen (secondary N) is 2. The molecular weight excluding hydrogens is 224 g/mol. The third-order valence-corrected chi connectivity index (χ3v) is 2.26. The summed E-state index contributed by atoms with van der Waals surface area (Å²) in [5, 5.41) is 14.7. The van der Waals surface area contributed by atoms with Crippen molar-refractivity contribution in [2.24, 2.45) is 0 Å². The molecule has 3 N–H and O–H groups in total. The average molecular weight is 238 g/mol. The number of aryl methyl sites for hydroxylation is 1. The summed E-state index contributed by atoms with van der Waals surface area (Å²) >= 11 is 5.03. The van der Waals surface area contributed by atoms with Crippen molar-refractivity contribution in [1.82, 2.24) is 5.32 Å². The van der Waals surface area contributed by atoms with E-state index in [1.54, 1.807) is 0 Å². The molecule has 0 atom stereocenters. The van der Waals surface area contributed by atoms with Gasteiger partial charge >= 0.3 is 5.97 Å². The maximum Gasteiger partial charge on any atom is 0.305 e. The van der Waals surface area contributed by atoms with Gasteiger partial charge in [-0.15, -0.1) is 0 Å². The number of carboxylic acid groups (broad SMARTS) is 1. The number of thiocarbonyl (C=S) groups is 1. The first-order valence-electron chi connectivity index (χ1n) is 4.92. The fraction of sp³-hybridized carbons (Fsp3) is 0.273. The molecule has 0 amide bonds. The van der Waals surface area contributed by atoms with Crippen molar-refractivity contribution >= 4 is 29.0 Å². The van der Waals surface area contributed by atoms with Crippen molar-refractivity contribution < 1.29 is 9.90 Å². The highest BCUT2D eigenvalue weighted by Crippen LogP contribution is 2.12. The molecule has 4 nitrogen and oxygen atoms in total. The number of para-hydroxylation sites is 1. The van der Waals surface area contributed by atoms with Crippen molar-refractivity contribution in [3.8, 4) is 0 Å². The Hall–Kier alpha value is -1.62. The van der Waals surface area contributed by atoms with E-state index in [0.717, 1.165) is 11.3 Å². The Labute approximate surface area is 99.7 Å². The zero-order valence-electron chi connectivity index (χ0n) is 8.99. The molecule has 0 aliphatic rings. The summed E-state index contributed by atoms with van der Waals surface area (Å²) in [7, 11) is 0. The number of carboxylic acids is 1. The minimum Gasteiger partial charge on any atom is -0.481 e. The highest BCUT2D eigenvalue weighted by Gasteiger charge is 2.01. The molecule has 0 aliphatic carbocycles. The van der Waals surface area contributed by atoms with Crippen LogP contribution in [0, 0.1) is 6.92 Å². The van der Waals surface area contributed by atoms with Gasteiger partial charge in [0.1, 0.15) is 0 Å². The van der Waals surface area contributed by atoms with E-state index in [2.05, 4.69) is 10.6 Å². The molecule has 0 bridgehead atoms. The highest BCUT2D eigenvalue weighted by atomic mass is 32.1. The molecule has 0 radical (unpaired) electrons. The van der Waals surface area contributed by atoms with Crippen LogP contribution in [0.5, 0.6) is 0 Å². The number of hydrogen-bond donors (Lipinski definition) is 3. The van der Waals surface area contributed by atoms with E-state index in [1.807, 2.05) is 31.2 Å². The monoisotopic (exact) mass is 238 g/mol. The number of anilines is 1. The second-order valence-corrected chi connectivity index (χ2v) is 3.75. The van der Waals surface area contributed by atoms with Crippen molar-refractivity contribution in [2.45, 2.75) is 13.3 Å². The Morgan fingerprint density at radius 2 is 2.12 bits per heavy atom. The van der Waals surface area contributed by atoms with Gasteiger partial charge in [0.25, 0.3) is 0 Å². The lowest BCUT2D eigenvalue weighted by Gasteiger charge is -2.11. The van der Waals surface area contributed by atoms with Gasteiger partial charge < -0.3 is 15.7 Å². The molecule has 0 spiro atoms. The quantitative estimate of drug-likeness (QED) is 0.698. The first-order valence-corrected chi connectivity index (χ1v) is 5.32.